The van der Waals surface area contributed by atoms with Gasteiger partial charge in [-0.05, 0) is 42.7 Å². The lowest BCUT2D eigenvalue weighted by Crippen LogP contribution is -2.27. The van der Waals surface area contributed by atoms with Crippen molar-refractivity contribution in [3.8, 4) is 0 Å². The van der Waals surface area contributed by atoms with Crippen molar-refractivity contribution in [2.24, 2.45) is 5.73 Å². The van der Waals surface area contributed by atoms with E-state index >= 15 is 0 Å². The molecule has 4 heteroatoms. The Kier molecular flexibility index (Phi) is 4.45. The second-order valence-corrected chi connectivity index (χ2v) is 5.13. The van der Waals surface area contributed by atoms with Crippen LogP contribution in [0.15, 0.2) is 41.0 Å². The van der Waals surface area contributed by atoms with Gasteiger partial charge in [-0.25, -0.2) is 4.39 Å². The molecule has 1 aliphatic heterocycles. The molecule has 0 aromatic heterocycles. The van der Waals surface area contributed by atoms with E-state index in [1.807, 2.05) is 0 Å². The molecule has 2 nitrogen and oxygen atoms in total. The van der Waals surface area contributed by atoms with Crippen molar-refractivity contribution in [3.05, 3.63) is 41.9 Å². The van der Waals surface area contributed by atoms with Gasteiger partial charge >= 0.3 is 0 Å². The smallest absolute Gasteiger partial charge is 0.123 e. The molecule has 0 aliphatic carbocycles. The van der Waals surface area contributed by atoms with Crippen molar-refractivity contribution in [3.63, 3.8) is 0 Å². The molecule has 0 bridgehead atoms. The van der Waals surface area contributed by atoms with E-state index in [0.717, 1.165) is 30.1 Å². The molecular formula is C13H16FNOS. The molecule has 0 saturated carbocycles. The maximum atomic E-state index is 12.7. The van der Waals surface area contributed by atoms with Crippen LogP contribution in [0.3, 0.4) is 0 Å². The maximum absolute atomic E-state index is 12.7. The Morgan fingerprint density at radius 3 is 2.76 bits per heavy atom. The summed E-state index contributed by atoms with van der Waals surface area (Å²) >= 11 is 1.64. The fraction of sp³-hybridized carbons (Fsp3) is 0.385. The summed E-state index contributed by atoms with van der Waals surface area (Å²) in [5.41, 5.74) is 7.26. The lowest BCUT2D eigenvalue weighted by Gasteiger charge is -2.19. The van der Waals surface area contributed by atoms with Crippen LogP contribution in [-0.4, -0.2) is 18.4 Å². The summed E-state index contributed by atoms with van der Waals surface area (Å²) in [6, 6.07) is 6.51. The number of nitrogens with two attached hydrogens (primary N) is 1. The topological polar surface area (TPSA) is 35.2 Å². The number of benzene rings is 1. The predicted molar refractivity (Wildman–Crippen MR) is 68.4 cm³/mol. The first kappa shape index (κ1) is 12.5. The highest BCUT2D eigenvalue weighted by Crippen LogP contribution is 2.22. The van der Waals surface area contributed by atoms with Gasteiger partial charge in [-0.3, -0.25) is 0 Å². The number of halogens is 1. The highest BCUT2D eigenvalue weighted by Gasteiger charge is 2.13. The number of hydrogen-bond donors (Lipinski definition) is 1. The van der Waals surface area contributed by atoms with Crippen molar-refractivity contribution < 1.29 is 9.13 Å². The molecular weight excluding hydrogens is 237 g/mol. The lowest BCUT2D eigenvalue weighted by molar-refractivity contribution is 0.222. The van der Waals surface area contributed by atoms with Gasteiger partial charge in [0.25, 0.3) is 0 Å². The number of ether oxygens (including phenoxy) is 1. The van der Waals surface area contributed by atoms with Gasteiger partial charge < -0.3 is 10.5 Å². The van der Waals surface area contributed by atoms with Gasteiger partial charge in [-0.15, -0.1) is 11.8 Å². The van der Waals surface area contributed by atoms with Gasteiger partial charge in [0, 0.05) is 16.7 Å². The Hall–Kier alpha value is -1.00. The SMILES string of the molecule is NC(CSc1ccc(F)cc1)C1=COCCC1. The van der Waals surface area contributed by atoms with Crippen LogP contribution in [0.25, 0.3) is 0 Å². The highest BCUT2D eigenvalue weighted by molar-refractivity contribution is 7.99. The van der Waals surface area contributed by atoms with Crippen LogP contribution in [0.2, 0.25) is 0 Å². The summed E-state index contributed by atoms with van der Waals surface area (Å²) in [6.45, 7) is 0.793. The van der Waals surface area contributed by atoms with Crippen LogP contribution in [0.5, 0.6) is 0 Å². The second-order valence-electron chi connectivity index (χ2n) is 4.04. The van der Waals surface area contributed by atoms with E-state index in [1.54, 1.807) is 30.2 Å². The van der Waals surface area contributed by atoms with Crippen LogP contribution >= 0.6 is 11.8 Å². The van der Waals surface area contributed by atoms with Gasteiger partial charge in [0.15, 0.2) is 0 Å². The predicted octanol–water partition coefficient (Wildman–Crippen LogP) is 2.94. The van der Waals surface area contributed by atoms with Gasteiger partial charge in [-0.2, -0.15) is 0 Å². The first-order valence-electron chi connectivity index (χ1n) is 5.70. The van der Waals surface area contributed by atoms with Crippen LogP contribution in [0, 0.1) is 5.82 Å². The van der Waals surface area contributed by atoms with Crippen LogP contribution < -0.4 is 5.73 Å². The van der Waals surface area contributed by atoms with Crippen molar-refractivity contribution in [2.45, 2.75) is 23.8 Å². The molecule has 1 aromatic rings. The quantitative estimate of drug-likeness (QED) is 0.838. The van der Waals surface area contributed by atoms with E-state index in [-0.39, 0.29) is 11.9 Å². The Bertz CT molecular complexity index is 391. The van der Waals surface area contributed by atoms with Crippen molar-refractivity contribution in [1.82, 2.24) is 0 Å². The molecule has 0 saturated heterocycles. The van der Waals surface area contributed by atoms with Crippen molar-refractivity contribution in [2.75, 3.05) is 12.4 Å². The molecule has 92 valence electrons. The van der Waals surface area contributed by atoms with E-state index < -0.39 is 0 Å². The Labute approximate surface area is 105 Å². The summed E-state index contributed by atoms with van der Waals surface area (Å²) in [5, 5.41) is 0. The van der Waals surface area contributed by atoms with Gasteiger partial charge in [0.05, 0.1) is 12.9 Å². The zero-order chi connectivity index (χ0) is 12.1. The molecule has 0 fully saturated rings. The second kappa shape index (κ2) is 6.07. The first-order valence-corrected chi connectivity index (χ1v) is 6.69. The van der Waals surface area contributed by atoms with Crippen LogP contribution in [0.4, 0.5) is 4.39 Å². The minimum Gasteiger partial charge on any atom is -0.501 e. The standard InChI is InChI=1S/C13H16FNOS/c14-11-3-5-12(6-4-11)17-9-13(15)10-2-1-7-16-8-10/h3-6,8,13H,1-2,7,9,15H2. The Morgan fingerprint density at radius 2 is 2.12 bits per heavy atom. The van der Waals surface area contributed by atoms with E-state index in [2.05, 4.69) is 0 Å². The van der Waals surface area contributed by atoms with Crippen molar-refractivity contribution in [1.29, 1.82) is 0 Å². The molecule has 1 heterocycles. The average molecular weight is 253 g/mol. The molecule has 1 aliphatic rings. The fourth-order valence-electron chi connectivity index (χ4n) is 1.68. The third kappa shape index (κ3) is 3.75. The third-order valence-electron chi connectivity index (χ3n) is 2.68. The molecule has 1 aromatic carbocycles. The lowest BCUT2D eigenvalue weighted by atomic mass is 10.0. The van der Waals surface area contributed by atoms with Crippen LogP contribution in [0.1, 0.15) is 12.8 Å². The average Bonchev–Trinajstić information content (AvgIpc) is 2.39. The van der Waals surface area contributed by atoms with Gasteiger partial charge in [0.2, 0.25) is 0 Å². The number of hydrogen-bond acceptors (Lipinski definition) is 3. The minimum atomic E-state index is -0.206. The van der Waals surface area contributed by atoms with E-state index in [0.29, 0.717) is 0 Å². The summed E-state index contributed by atoms with van der Waals surface area (Å²) in [7, 11) is 0. The number of thioether (sulfide) groups is 1. The zero-order valence-corrected chi connectivity index (χ0v) is 10.4. The summed E-state index contributed by atoms with van der Waals surface area (Å²) < 4.78 is 18.0. The monoisotopic (exact) mass is 253 g/mol. The third-order valence-corrected chi connectivity index (χ3v) is 3.81. The number of rotatable bonds is 4. The summed E-state index contributed by atoms with van der Waals surface area (Å²) in [6.07, 6.45) is 3.85. The molecule has 2 rings (SSSR count). The van der Waals surface area contributed by atoms with Gasteiger partial charge in [0.1, 0.15) is 5.82 Å². The highest BCUT2D eigenvalue weighted by atomic mass is 32.2. The summed E-state index contributed by atoms with van der Waals surface area (Å²) in [4.78, 5) is 1.04. The van der Waals surface area contributed by atoms with Crippen molar-refractivity contribution >= 4 is 11.8 Å². The molecule has 2 N–H and O–H groups in total. The summed E-state index contributed by atoms with van der Waals surface area (Å²) in [5.74, 6) is 0.586. The van der Waals surface area contributed by atoms with E-state index in [9.17, 15) is 4.39 Å². The molecule has 17 heavy (non-hydrogen) atoms. The molecule has 1 unspecified atom stereocenters. The first-order chi connectivity index (χ1) is 8.25. The van der Waals surface area contributed by atoms with Crippen LogP contribution in [-0.2, 0) is 4.74 Å². The molecule has 0 amide bonds. The maximum Gasteiger partial charge on any atom is 0.123 e. The van der Waals surface area contributed by atoms with Gasteiger partial charge in [-0.1, -0.05) is 0 Å². The zero-order valence-electron chi connectivity index (χ0n) is 9.56. The Morgan fingerprint density at radius 1 is 1.35 bits per heavy atom. The van der Waals surface area contributed by atoms with E-state index in [1.165, 1.54) is 17.7 Å². The minimum absolute atomic E-state index is 0.0188. The molecule has 1 atom stereocenters. The fourth-order valence-corrected chi connectivity index (χ4v) is 2.60. The molecule has 0 radical (unpaired) electrons. The Balaban J connectivity index is 1.85. The normalized spacial score (nSPS) is 17.2. The molecule has 0 spiro atoms. The van der Waals surface area contributed by atoms with E-state index in [4.69, 9.17) is 10.5 Å². The largest absolute Gasteiger partial charge is 0.501 e.